The van der Waals surface area contributed by atoms with Crippen molar-refractivity contribution >= 4 is 23.2 Å². The molecule has 0 spiro atoms. The van der Waals surface area contributed by atoms with Crippen LogP contribution in [0.4, 0.5) is 0 Å². The Morgan fingerprint density at radius 3 is 2.74 bits per heavy atom. The van der Waals surface area contributed by atoms with Crippen LogP contribution in [0.1, 0.15) is 30.9 Å². The molecule has 2 atom stereocenters. The van der Waals surface area contributed by atoms with Crippen LogP contribution in [0.3, 0.4) is 0 Å². The summed E-state index contributed by atoms with van der Waals surface area (Å²) in [6.45, 7) is 2.22. The molecule has 4 heteroatoms. The van der Waals surface area contributed by atoms with Gasteiger partial charge in [-0.2, -0.15) is 0 Å². The van der Waals surface area contributed by atoms with E-state index in [1.807, 2.05) is 19.2 Å². The molecule has 1 saturated heterocycles. The number of halogens is 2. The van der Waals surface area contributed by atoms with Gasteiger partial charge in [0.1, 0.15) is 0 Å². The fourth-order valence-electron chi connectivity index (χ4n) is 3.36. The average molecular weight is 299 g/mol. The fraction of sp³-hybridized carbons (Fsp3) is 0.600. The molecule has 104 valence electrons. The monoisotopic (exact) mass is 298 g/mol. The van der Waals surface area contributed by atoms with Crippen LogP contribution in [-0.4, -0.2) is 31.1 Å². The number of nitrogens with one attached hydrogen (secondary N) is 1. The normalized spacial score (nSPS) is 27.9. The molecule has 2 fully saturated rings. The molecule has 2 aliphatic rings. The molecule has 19 heavy (non-hydrogen) atoms. The molecule has 2 nitrogen and oxygen atoms in total. The van der Waals surface area contributed by atoms with Gasteiger partial charge >= 0.3 is 0 Å². The van der Waals surface area contributed by atoms with Crippen molar-refractivity contribution in [3.63, 3.8) is 0 Å². The first-order chi connectivity index (χ1) is 9.22. The zero-order valence-corrected chi connectivity index (χ0v) is 12.7. The van der Waals surface area contributed by atoms with E-state index in [1.54, 1.807) is 0 Å². The van der Waals surface area contributed by atoms with Gasteiger partial charge in [-0.15, -0.1) is 0 Å². The lowest BCUT2D eigenvalue weighted by molar-refractivity contribution is 0.217. The van der Waals surface area contributed by atoms with Crippen molar-refractivity contribution in [3.8, 4) is 0 Å². The fourth-order valence-corrected chi connectivity index (χ4v) is 3.78. The molecule has 1 aliphatic carbocycles. The second-order valence-corrected chi connectivity index (χ2v) is 6.45. The maximum atomic E-state index is 6.45. The number of hydrogen-bond donors (Lipinski definition) is 1. The summed E-state index contributed by atoms with van der Waals surface area (Å²) in [7, 11) is 2.02. The third-order valence-electron chi connectivity index (χ3n) is 4.34. The zero-order chi connectivity index (χ0) is 13.4. The van der Waals surface area contributed by atoms with Crippen molar-refractivity contribution in [2.75, 3.05) is 20.1 Å². The van der Waals surface area contributed by atoms with Gasteiger partial charge in [-0.3, -0.25) is 4.90 Å². The van der Waals surface area contributed by atoms with E-state index in [2.05, 4.69) is 16.3 Å². The number of hydrogen-bond acceptors (Lipinski definition) is 2. The predicted molar refractivity (Wildman–Crippen MR) is 81.0 cm³/mol. The van der Waals surface area contributed by atoms with Gasteiger partial charge in [0.25, 0.3) is 0 Å². The lowest BCUT2D eigenvalue weighted by atomic mass is 9.93. The van der Waals surface area contributed by atoms with Gasteiger partial charge in [0.2, 0.25) is 0 Å². The van der Waals surface area contributed by atoms with E-state index < -0.39 is 0 Å². The van der Waals surface area contributed by atoms with E-state index in [0.717, 1.165) is 17.6 Å². The molecule has 1 heterocycles. The quantitative estimate of drug-likeness (QED) is 0.911. The van der Waals surface area contributed by atoms with Crippen molar-refractivity contribution in [2.45, 2.75) is 31.3 Å². The van der Waals surface area contributed by atoms with E-state index >= 15 is 0 Å². The molecule has 0 radical (unpaired) electrons. The van der Waals surface area contributed by atoms with Crippen molar-refractivity contribution in [2.24, 2.45) is 5.92 Å². The Morgan fingerprint density at radius 1 is 1.26 bits per heavy atom. The van der Waals surface area contributed by atoms with E-state index in [1.165, 1.54) is 31.4 Å². The van der Waals surface area contributed by atoms with Crippen molar-refractivity contribution in [1.29, 1.82) is 0 Å². The smallest absolute Gasteiger partial charge is 0.0640 e. The van der Waals surface area contributed by atoms with Crippen LogP contribution >= 0.6 is 23.2 Å². The van der Waals surface area contributed by atoms with Crippen LogP contribution < -0.4 is 5.32 Å². The third kappa shape index (κ3) is 2.64. The standard InChI is InChI=1S/C15H20Cl2N2/c1-18-9-10-7-8-19(11-5-6-11)15(10)12-3-2-4-13(16)14(12)17/h2-4,10-11,15,18H,5-9H2,1H3. The Labute approximate surface area is 125 Å². The van der Waals surface area contributed by atoms with Gasteiger partial charge in [-0.1, -0.05) is 35.3 Å². The van der Waals surface area contributed by atoms with Gasteiger partial charge in [-0.25, -0.2) is 0 Å². The maximum Gasteiger partial charge on any atom is 0.0640 e. The van der Waals surface area contributed by atoms with Gasteiger partial charge in [-0.05, 0) is 56.9 Å². The number of benzene rings is 1. The summed E-state index contributed by atoms with van der Waals surface area (Å²) < 4.78 is 0. The van der Waals surface area contributed by atoms with Gasteiger partial charge < -0.3 is 5.32 Å². The molecular formula is C15H20Cl2N2. The molecule has 0 amide bonds. The van der Waals surface area contributed by atoms with E-state index in [-0.39, 0.29) is 0 Å². The molecule has 0 aromatic heterocycles. The molecule has 1 aromatic carbocycles. The second-order valence-electron chi connectivity index (χ2n) is 5.66. The molecule has 3 rings (SSSR count). The first kappa shape index (κ1) is 13.7. The predicted octanol–water partition coefficient (Wildman–Crippen LogP) is 3.74. The lowest BCUT2D eigenvalue weighted by Crippen LogP contribution is -2.31. The Bertz CT molecular complexity index is 459. The largest absolute Gasteiger partial charge is 0.319 e. The summed E-state index contributed by atoms with van der Waals surface area (Å²) in [6.07, 6.45) is 3.91. The van der Waals surface area contributed by atoms with Crippen LogP contribution in [0, 0.1) is 5.92 Å². The minimum Gasteiger partial charge on any atom is -0.319 e. The molecule has 1 saturated carbocycles. The number of rotatable bonds is 4. The van der Waals surface area contributed by atoms with Crippen LogP contribution in [0.2, 0.25) is 10.0 Å². The molecule has 2 unspecified atom stereocenters. The molecule has 1 N–H and O–H groups in total. The SMILES string of the molecule is CNCC1CCN(C2CC2)C1c1cccc(Cl)c1Cl. The summed E-state index contributed by atoms with van der Waals surface area (Å²) in [5.74, 6) is 0.626. The zero-order valence-electron chi connectivity index (χ0n) is 11.2. The number of likely N-dealkylation sites (tertiary alicyclic amines) is 1. The van der Waals surface area contributed by atoms with Crippen LogP contribution in [0.15, 0.2) is 18.2 Å². The van der Waals surface area contributed by atoms with Crippen molar-refractivity contribution < 1.29 is 0 Å². The highest BCUT2D eigenvalue weighted by molar-refractivity contribution is 6.42. The molecule has 1 aliphatic heterocycles. The average Bonchev–Trinajstić information content (AvgIpc) is 3.16. The highest BCUT2D eigenvalue weighted by Crippen LogP contribution is 2.46. The Balaban J connectivity index is 1.94. The van der Waals surface area contributed by atoms with E-state index in [9.17, 15) is 0 Å². The van der Waals surface area contributed by atoms with Gasteiger partial charge in [0.05, 0.1) is 10.0 Å². The van der Waals surface area contributed by atoms with E-state index in [0.29, 0.717) is 17.0 Å². The second kappa shape index (κ2) is 5.61. The topological polar surface area (TPSA) is 15.3 Å². The summed E-state index contributed by atoms with van der Waals surface area (Å²) in [5.41, 5.74) is 1.21. The minimum atomic E-state index is 0.422. The van der Waals surface area contributed by atoms with Crippen molar-refractivity contribution in [3.05, 3.63) is 33.8 Å². The molecule has 0 bridgehead atoms. The Kier molecular flexibility index (Phi) is 4.04. The Hall–Kier alpha value is -0.280. The van der Waals surface area contributed by atoms with Crippen molar-refractivity contribution in [1.82, 2.24) is 10.2 Å². The third-order valence-corrected chi connectivity index (χ3v) is 5.18. The van der Waals surface area contributed by atoms with E-state index in [4.69, 9.17) is 23.2 Å². The number of nitrogens with zero attached hydrogens (tertiary/aromatic N) is 1. The Morgan fingerprint density at radius 2 is 2.05 bits per heavy atom. The van der Waals surface area contributed by atoms with Crippen LogP contribution in [0.25, 0.3) is 0 Å². The van der Waals surface area contributed by atoms with Crippen LogP contribution in [-0.2, 0) is 0 Å². The van der Waals surface area contributed by atoms with Crippen LogP contribution in [0.5, 0.6) is 0 Å². The minimum absolute atomic E-state index is 0.422. The summed E-state index contributed by atoms with van der Waals surface area (Å²) >= 11 is 12.6. The summed E-state index contributed by atoms with van der Waals surface area (Å²) in [4.78, 5) is 2.64. The molecule has 1 aromatic rings. The first-order valence-corrected chi connectivity index (χ1v) is 7.82. The summed E-state index contributed by atoms with van der Waals surface area (Å²) in [6, 6.07) is 7.22. The highest BCUT2D eigenvalue weighted by Gasteiger charge is 2.43. The van der Waals surface area contributed by atoms with Gasteiger partial charge in [0, 0.05) is 12.1 Å². The van der Waals surface area contributed by atoms with Gasteiger partial charge in [0.15, 0.2) is 0 Å². The molecular weight excluding hydrogens is 279 g/mol. The maximum absolute atomic E-state index is 6.45. The first-order valence-electron chi connectivity index (χ1n) is 7.06. The lowest BCUT2D eigenvalue weighted by Gasteiger charge is -2.29. The summed E-state index contributed by atoms with van der Waals surface area (Å²) in [5, 5.41) is 4.73. The highest BCUT2D eigenvalue weighted by atomic mass is 35.5.